The summed E-state index contributed by atoms with van der Waals surface area (Å²) in [5.41, 5.74) is 2.41. The zero-order valence-corrected chi connectivity index (χ0v) is 34.7. The number of aromatic amines is 1. The summed E-state index contributed by atoms with van der Waals surface area (Å²) in [6.45, 7) is 5.09. The van der Waals surface area contributed by atoms with E-state index in [2.05, 4.69) is 44.5 Å². The van der Waals surface area contributed by atoms with Gasteiger partial charge in [0.25, 0.3) is 5.91 Å². The fourth-order valence-electron chi connectivity index (χ4n) is 8.73. The number of nitrogens with zero attached hydrogens (tertiary/aromatic N) is 3. The Labute approximate surface area is 360 Å². The molecule has 6 aromatic rings. The quantitative estimate of drug-likeness (QED) is 0.0802. The van der Waals surface area contributed by atoms with Gasteiger partial charge in [0.1, 0.15) is 11.4 Å². The van der Waals surface area contributed by atoms with Crippen molar-refractivity contribution >= 4 is 22.8 Å². The lowest BCUT2D eigenvalue weighted by Crippen LogP contribution is -2.41. The molecule has 4 heterocycles. The van der Waals surface area contributed by atoms with E-state index in [-0.39, 0.29) is 29.7 Å². The van der Waals surface area contributed by atoms with Crippen molar-refractivity contribution in [2.45, 2.75) is 43.9 Å². The number of benzene rings is 4. The van der Waals surface area contributed by atoms with E-state index in [0.717, 1.165) is 56.4 Å². The lowest BCUT2D eigenvalue weighted by atomic mass is 9.85. The van der Waals surface area contributed by atoms with Crippen LogP contribution < -0.4 is 10.9 Å². The number of nitrogens with one attached hydrogen (secondary N) is 2. The lowest BCUT2D eigenvalue weighted by molar-refractivity contribution is -0.164. The highest BCUT2D eigenvalue weighted by atomic mass is 16.5. The summed E-state index contributed by atoms with van der Waals surface area (Å²) >= 11 is 0. The summed E-state index contributed by atoms with van der Waals surface area (Å²) in [5, 5.41) is 37.3. The van der Waals surface area contributed by atoms with Crippen molar-refractivity contribution in [2.75, 3.05) is 45.9 Å². The summed E-state index contributed by atoms with van der Waals surface area (Å²) in [6, 6.07) is 36.1. The number of aromatic nitrogens is 2. The van der Waals surface area contributed by atoms with Gasteiger partial charge in [-0.15, -0.1) is 0 Å². The summed E-state index contributed by atoms with van der Waals surface area (Å²) in [7, 11) is 0. The highest BCUT2D eigenvalue weighted by Crippen LogP contribution is 2.35. The highest BCUT2D eigenvalue weighted by molar-refractivity contribution is 5.93. The molecule has 0 aliphatic carbocycles. The smallest absolute Gasteiger partial charge is 0.347 e. The van der Waals surface area contributed by atoms with Crippen LogP contribution >= 0.6 is 0 Å². The predicted octanol–water partition coefficient (Wildman–Crippen LogP) is 6.16. The molecular formula is C50H53N5O7. The van der Waals surface area contributed by atoms with Gasteiger partial charge in [-0.1, -0.05) is 91.0 Å². The number of fused-ring (bicyclic) bond motifs is 1. The van der Waals surface area contributed by atoms with Crippen LogP contribution in [-0.2, 0) is 21.7 Å². The standard InChI is InChI=1S/C50H53N5O7/c56-44-18-15-41(42-16-19-46(58)53-47(42)44)45(57)31-51-29-34-22-26-55(27-23-34)48(59)43-17-14-38(30-52-43)37-10-7-13-40(28-37)50(61,39-11-5-2-6-12-39)49(60)62-33-36-20-24-54(25-21-36)32-35-8-3-1-4-9-35/h1-19,28,30,34,36,45,51,56-57,61H,20-27,29,31-33H2,(H,53,58)/t45-,50-/m0/s1. The van der Waals surface area contributed by atoms with Gasteiger partial charge in [0.05, 0.1) is 18.2 Å². The van der Waals surface area contributed by atoms with Crippen LogP contribution in [-0.4, -0.2) is 92.8 Å². The van der Waals surface area contributed by atoms with Gasteiger partial charge < -0.3 is 35.3 Å². The molecule has 2 aliphatic heterocycles. The molecule has 1 amide bonds. The molecule has 0 bridgehead atoms. The highest BCUT2D eigenvalue weighted by Gasteiger charge is 2.42. The van der Waals surface area contributed by atoms with Crippen LogP contribution in [0.5, 0.6) is 5.75 Å². The molecule has 2 aromatic heterocycles. The summed E-state index contributed by atoms with van der Waals surface area (Å²) in [6.07, 6.45) is 4.20. The Balaban J connectivity index is 0.851. The first-order valence-electron chi connectivity index (χ1n) is 21.5. The van der Waals surface area contributed by atoms with Crippen LogP contribution in [0.2, 0.25) is 0 Å². The number of amides is 1. The zero-order chi connectivity index (χ0) is 43.1. The molecule has 12 heteroatoms. The number of hydrogen-bond donors (Lipinski definition) is 5. The summed E-state index contributed by atoms with van der Waals surface area (Å²) < 4.78 is 5.93. The molecule has 0 radical (unpaired) electrons. The Morgan fingerprint density at radius 2 is 1.52 bits per heavy atom. The Kier molecular flexibility index (Phi) is 13.2. The SMILES string of the molecule is O=C(c1ccc(-c2cccc([C@](O)(C(=O)OCC3CCN(Cc4ccccc4)CC3)c3ccccc3)c2)cn1)N1CCC(CNC[C@H](O)c2ccc(O)c3[nH]c(=O)ccc23)CC1. The number of hydrogen-bond acceptors (Lipinski definition) is 10. The van der Waals surface area contributed by atoms with Gasteiger partial charge in [-0.25, -0.2) is 4.79 Å². The summed E-state index contributed by atoms with van der Waals surface area (Å²) in [5.74, 6) is -0.394. The van der Waals surface area contributed by atoms with Crippen LogP contribution in [0.4, 0.5) is 0 Å². The zero-order valence-electron chi connectivity index (χ0n) is 34.7. The number of ether oxygens (including phenoxy) is 1. The van der Waals surface area contributed by atoms with Crippen molar-refractivity contribution in [1.29, 1.82) is 0 Å². The van der Waals surface area contributed by atoms with Gasteiger partial charge >= 0.3 is 5.97 Å². The molecule has 2 aliphatic rings. The second-order valence-corrected chi connectivity index (χ2v) is 16.6. The van der Waals surface area contributed by atoms with Crippen molar-refractivity contribution < 1.29 is 29.6 Å². The van der Waals surface area contributed by atoms with Crippen molar-refractivity contribution in [1.82, 2.24) is 25.1 Å². The van der Waals surface area contributed by atoms with Crippen LogP contribution in [0, 0.1) is 11.8 Å². The summed E-state index contributed by atoms with van der Waals surface area (Å²) in [4.78, 5) is 50.7. The first kappa shape index (κ1) is 42.5. The van der Waals surface area contributed by atoms with Gasteiger partial charge in [0, 0.05) is 55.0 Å². The molecule has 2 atom stereocenters. The number of phenolic OH excluding ortho intramolecular Hbond substituents is 1. The van der Waals surface area contributed by atoms with E-state index in [1.807, 2.05) is 29.2 Å². The second-order valence-electron chi connectivity index (χ2n) is 16.6. The van der Waals surface area contributed by atoms with Crippen molar-refractivity contribution in [3.63, 3.8) is 0 Å². The Morgan fingerprint density at radius 1 is 0.806 bits per heavy atom. The molecule has 8 rings (SSSR count). The van der Waals surface area contributed by atoms with E-state index in [9.17, 15) is 29.7 Å². The maximum Gasteiger partial charge on any atom is 0.347 e. The predicted molar refractivity (Wildman–Crippen MR) is 237 cm³/mol. The number of rotatable bonds is 14. The van der Waals surface area contributed by atoms with Crippen molar-refractivity contribution in [2.24, 2.45) is 11.8 Å². The van der Waals surface area contributed by atoms with Crippen LogP contribution in [0.25, 0.3) is 22.0 Å². The van der Waals surface area contributed by atoms with E-state index in [0.29, 0.717) is 65.4 Å². The monoisotopic (exact) mass is 835 g/mol. The minimum absolute atomic E-state index is 0.0513. The third-order valence-electron chi connectivity index (χ3n) is 12.4. The van der Waals surface area contributed by atoms with Crippen LogP contribution in [0.15, 0.2) is 132 Å². The average Bonchev–Trinajstić information content (AvgIpc) is 3.32. The molecule has 5 N–H and O–H groups in total. The fourth-order valence-corrected chi connectivity index (χ4v) is 8.73. The lowest BCUT2D eigenvalue weighted by Gasteiger charge is -2.33. The third-order valence-corrected chi connectivity index (χ3v) is 12.4. The molecule has 0 unspecified atom stereocenters. The number of carbonyl (C=O) groups is 2. The Morgan fingerprint density at radius 3 is 2.24 bits per heavy atom. The first-order valence-corrected chi connectivity index (χ1v) is 21.5. The second kappa shape index (κ2) is 19.3. The van der Waals surface area contributed by atoms with Gasteiger partial charge in [-0.2, -0.15) is 0 Å². The Bertz CT molecular complexity index is 2520. The van der Waals surface area contributed by atoms with Crippen molar-refractivity contribution in [3.8, 4) is 16.9 Å². The number of piperidine rings is 2. The molecular weight excluding hydrogens is 783 g/mol. The molecule has 2 fully saturated rings. The fraction of sp³-hybridized carbons (Fsp3) is 0.320. The number of H-pyrrole nitrogens is 1. The third kappa shape index (κ3) is 9.64. The maximum absolute atomic E-state index is 14.0. The van der Waals surface area contributed by atoms with E-state index in [1.54, 1.807) is 66.9 Å². The number of carbonyl (C=O) groups excluding carboxylic acids is 2. The number of phenols is 1. The average molecular weight is 836 g/mol. The minimum atomic E-state index is -2.04. The molecule has 2 saturated heterocycles. The number of aliphatic hydroxyl groups is 2. The van der Waals surface area contributed by atoms with Crippen LogP contribution in [0.3, 0.4) is 0 Å². The first-order chi connectivity index (χ1) is 30.2. The minimum Gasteiger partial charge on any atom is -0.506 e. The van der Waals surface area contributed by atoms with E-state index < -0.39 is 17.7 Å². The maximum atomic E-state index is 14.0. The Hall–Kier alpha value is -6.18. The molecule has 0 spiro atoms. The number of pyridine rings is 2. The molecule has 0 saturated carbocycles. The van der Waals surface area contributed by atoms with Gasteiger partial charge in [0.15, 0.2) is 0 Å². The van der Waals surface area contributed by atoms with Gasteiger partial charge in [-0.05, 0) is 104 Å². The largest absolute Gasteiger partial charge is 0.506 e. The van der Waals surface area contributed by atoms with E-state index >= 15 is 0 Å². The number of likely N-dealkylation sites (tertiary alicyclic amines) is 2. The van der Waals surface area contributed by atoms with E-state index in [4.69, 9.17) is 4.74 Å². The number of esters is 1. The molecule has 4 aromatic carbocycles. The van der Waals surface area contributed by atoms with Gasteiger partial charge in [-0.3, -0.25) is 19.5 Å². The molecule has 62 heavy (non-hydrogen) atoms. The van der Waals surface area contributed by atoms with Gasteiger partial charge in [0.2, 0.25) is 11.2 Å². The topological polar surface area (TPSA) is 168 Å². The number of aromatic hydroxyl groups is 1. The van der Waals surface area contributed by atoms with Crippen molar-refractivity contribution in [3.05, 3.63) is 166 Å². The number of aliphatic hydroxyl groups excluding tert-OH is 1. The molecule has 320 valence electrons. The van der Waals surface area contributed by atoms with E-state index in [1.165, 1.54) is 17.7 Å². The normalized spacial score (nSPS) is 16.8. The van der Waals surface area contributed by atoms with Crippen LogP contribution in [0.1, 0.15) is 64.5 Å². The molecule has 12 nitrogen and oxygen atoms in total.